The molecular weight excluding hydrogens is 381 g/mol. The first-order valence-corrected chi connectivity index (χ1v) is 9.89. The smallest absolute Gasteiger partial charge is 0.376 e. The molecule has 0 spiro atoms. The van der Waals surface area contributed by atoms with E-state index in [2.05, 4.69) is 5.32 Å². The van der Waals surface area contributed by atoms with E-state index in [-0.39, 0.29) is 17.0 Å². The highest BCUT2D eigenvalue weighted by molar-refractivity contribution is 7.89. The number of nitrogens with one attached hydrogen (secondary N) is 1. The number of hydrogen-bond donors (Lipinski definition) is 1. The Morgan fingerprint density at radius 1 is 1.07 bits per heavy atom. The van der Waals surface area contributed by atoms with Crippen molar-refractivity contribution in [3.8, 4) is 0 Å². The average molecular weight is 400 g/mol. The number of benzene rings is 2. The van der Waals surface area contributed by atoms with Crippen LogP contribution in [-0.4, -0.2) is 34.7 Å². The Morgan fingerprint density at radius 2 is 1.67 bits per heavy atom. The van der Waals surface area contributed by atoms with Gasteiger partial charge in [-0.25, -0.2) is 8.42 Å². The molecule has 1 N–H and O–H groups in total. The summed E-state index contributed by atoms with van der Waals surface area (Å²) in [6, 6.07) is 8.96. The van der Waals surface area contributed by atoms with E-state index in [4.69, 9.17) is 0 Å². The molecule has 0 aliphatic rings. The monoisotopic (exact) mass is 400 g/mol. The normalized spacial score (nSPS) is 11.9. The summed E-state index contributed by atoms with van der Waals surface area (Å²) >= 11 is 0. The molecule has 0 saturated heterocycles. The standard InChI is InChI=1S/C18H19F3N2O3S/c1-23(2)16-9-8-14(18(19,20)21)10-15(16)22-17(24)13-6-4-12(5-7-13)11-27(3,25)26/h4-10H,11H2,1-3H3,(H,22,24). The van der Waals surface area contributed by atoms with Crippen molar-refractivity contribution in [1.29, 1.82) is 0 Å². The second kappa shape index (κ2) is 7.59. The molecule has 0 aliphatic carbocycles. The van der Waals surface area contributed by atoms with Gasteiger partial charge in [0, 0.05) is 25.9 Å². The summed E-state index contributed by atoms with van der Waals surface area (Å²) in [4.78, 5) is 14.0. The third-order valence-corrected chi connectivity index (χ3v) is 4.56. The Kier molecular flexibility index (Phi) is 5.84. The highest BCUT2D eigenvalue weighted by atomic mass is 32.2. The summed E-state index contributed by atoms with van der Waals surface area (Å²) < 4.78 is 61.5. The second-order valence-corrected chi connectivity index (χ2v) is 8.49. The van der Waals surface area contributed by atoms with Gasteiger partial charge in [0.15, 0.2) is 9.84 Å². The number of sulfone groups is 1. The topological polar surface area (TPSA) is 66.5 Å². The summed E-state index contributed by atoms with van der Waals surface area (Å²) in [6.45, 7) is 0. The number of halogens is 3. The van der Waals surface area contributed by atoms with E-state index in [1.54, 1.807) is 19.0 Å². The van der Waals surface area contributed by atoms with Crippen LogP contribution in [0.4, 0.5) is 24.5 Å². The molecular formula is C18H19F3N2O3S. The van der Waals surface area contributed by atoms with Crippen LogP contribution in [0.5, 0.6) is 0 Å². The molecule has 0 aliphatic heterocycles. The van der Waals surface area contributed by atoms with Gasteiger partial charge in [-0.2, -0.15) is 13.2 Å². The predicted molar refractivity (Wildman–Crippen MR) is 98.7 cm³/mol. The molecule has 0 fully saturated rings. The molecule has 0 unspecified atom stereocenters. The Morgan fingerprint density at radius 3 is 2.15 bits per heavy atom. The fourth-order valence-electron chi connectivity index (χ4n) is 2.45. The number of rotatable bonds is 5. The summed E-state index contributed by atoms with van der Waals surface area (Å²) in [5.41, 5.74) is 0.299. The summed E-state index contributed by atoms with van der Waals surface area (Å²) in [6.07, 6.45) is -3.43. The number of amides is 1. The molecule has 0 saturated carbocycles. The van der Waals surface area contributed by atoms with Gasteiger partial charge in [-0.3, -0.25) is 4.79 Å². The van der Waals surface area contributed by atoms with Crippen LogP contribution in [0.1, 0.15) is 21.5 Å². The van der Waals surface area contributed by atoms with Crippen molar-refractivity contribution >= 4 is 27.1 Å². The highest BCUT2D eigenvalue weighted by Crippen LogP contribution is 2.35. The first-order valence-electron chi connectivity index (χ1n) is 7.83. The minimum atomic E-state index is -4.53. The van der Waals surface area contributed by atoms with Gasteiger partial charge < -0.3 is 10.2 Å². The second-order valence-electron chi connectivity index (χ2n) is 6.35. The Hall–Kier alpha value is -2.55. The van der Waals surface area contributed by atoms with Gasteiger partial charge in [0.05, 0.1) is 22.7 Å². The molecule has 0 atom stereocenters. The number of nitrogens with zero attached hydrogens (tertiary/aromatic N) is 1. The van der Waals surface area contributed by atoms with Crippen molar-refractivity contribution < 1.29 is 26.4 Å². The zero-order valence-electron chi connectivity index (χ0n) is 15.0. The highest BCUT2D eigenvalue weighted by Gasteiger charge is 2.31. The molecule has 2 rings (SSSR count). The van der Waals surface area contributed by atoms with E-state index >= 15 is 0 Å². The maximum Gasteiger partial charge on any atom is 0.416 e. The number of anilines is 2. The predicted octanol–water partition coefficient (Wildman–Crippen LogP) is 3.57. The van der Waals surface area contributed by atoms with Crippen LogP contribution in [0.3, 0.4) is 0 Å². The lowest BCUT2D eigenvalue weighted by Crippen LogP contribution is -2.18. The molecule has 1 amide bonds. The van der Waals surface area contributed by atoms with Gasteiger partial charge in [-0.05, 0) is 35.9 Å². The van der Waals surface area contributed by atoms with E-state index in [0.717, 1.165) is 18.4 Å². The Balaban J connectivity index is 2.28. The molecule has 5 nitrogen and oxygen atoms in total. The zero-order valence-corrected chi connectivity index (χ0v) is 15.8. The molecule has 2 aromatic rings. The van der Waals surface area contributed by atoms with Crippen LogP contribution in [0.25, 0.3) is 0 Å². The summed E-state index contributed by atoms with van der Waals surface area (Å²) in [5, 5.41) is 2.49. The van der Waals surface area contributed by atoms with Gasteiger partial charge in [0.2, 0.25) is 0 Å². The molecule has 146 valence electrons. The minimum Gasteiger partial charge on any atom is -0.376 e. The SMILES string of the molecule is CN(C)c1ccc(C(F)(F)F)cc1NC(=O)c1ccc(CS(C)(=O)=O)cc1. The molecule has 0 bridgehead atoms. The zero-order chi connectivity index (χ0) is 20.4. The van der Waals surface area contributed by atoms with Crippen LogP contribution < -0.4 is 10.2 Å². The van der Waals surface area contributed by atoms with Gasteiger partial charge >= 0.3 is 6.18 Å². The molecule has 0 aromatic heterocycles. The Labute approximate surface area is 155 Å². The maximum atomic E-state index is 13.0. The average Bonchev–Trinajstić information content (AvgIpc) is 2.52. The molecule has 0 heterocycles. The van der Waals surface area contributed by atoms with E-state index in [0.29, 0.717) is 11.3 Å². The fraction of sp³-hybridized carbons (Fsp3) is 0.278. The van der Waals surface area contributed by atoms with E-state index in [1.807, 2.05) is 0 Å². The minimum absolute atomic E-state index is 0.0278. The van der Waals surface area contributed by atoms with E-state index < -0.39 is 27.5 Å². The third-order valence-electron chi connectivity index (χ3n) is 3.70. The van der Waals surface area contributed by atoms with Crippen LogP contribution in [0.15, 0.2) is 42.5 Å². The van der Waals surface area contributed by atoms with Crippen molar-refractivity contribution in [1.82, 2.24) is 0 Å². The van der Waals surface area contributed by atoms with Crippen molar-refractivity contribution in [3.05, 3.63) is 59.2 Å². The number of hydrogen-bond acceptors (Lipinski definition) is 4. The first-order chi connectivity index (χ1) is 12.4. The van der Waals surface area contributed by atoms with E-state index in [9.17, 15) is 26.4 Å². The lowest BCUT2D eigenvalue weighted by Gasteiger charge is -2.20. The van der Waals surface area contributed by atoms with Crippen LogP contribution >= 0.6 is 0 Å². The molecule has 9 heteroatoms. The summed E-state index contributed by atoms with van der Waals surface area (Å²) in [5.74, 6) is -0.754. The van der Waals surface area contributed by atoms with Crippen molar-refractivity contribution in [3.63, 3.8) is 0 Å². The fourth-order valence-corrected chi connectivity index (χ4v) is 3.25. The lowest BCUT2D eigenvalue weighted by molar-refractivity contribution is -0.137. The first kappa shape index (κ1) is 20.8. The number of carbonyl (C=O) groups excluding carboxylic acids is 1. The van der Waals surface area contributed by atoms with Crippen molar-refractivity contribution in [2.75, 3.05) is 30.6 Å². The van der Waals surface area contributed by atoms with Crippen LogP contribution in [-0.2, 0) is 21.8 Å². The number of carbonyl (C=O) groups is 1. The van der Waals surface area contributed by atoms with E-state index in [1.165, 1.54) is 30.3 Å². The maximum absolute atomic E-state index is 13.0. The van der Waals surface area contributed by atoms with Gasteiger partial charge in [0.1, 0.15) is 0 Å². The third kappa shape index (κ3) is 5.72. The molecule has 27 heavy (non-hydrogen) atoms. The van der Waals surface area contributed by atoms with Gasteiger partial charge in [-0.15, -0.1) is 0 Å². The number of alkyl halides is 3. The van der Waals surface area contributed by atoms with Crippen LogP contribution in [0.2, 0.25) is 0 Å². The van der Waals surface area contributed by atoms with Gasteiger partial charge in [-0.1, -0.05) is 12.1 Å². The lowest BCUT2D eigenvalue weighted by atomic mass is 10.1. The van der Waals surface area contributed by atoms with Crippen LogP contribution in [0, 0.1) is 0 Å². The molecule has 0 radical (unpaired) electrons. The quantitative estimate of drug-likeness (QED) is 0.833. The summed E-state index contributed by atoms with van der Waals surface area (Å²) in [7, 11) is 0.0967. The largest absolute Gasteiger partial charge is 0.416 e. The van der Waals surface area contributed by atoms with Gasteiger partial charge in [0.25, 0.3) is 5.91 Å². The Bertz CT molecular complexity index is 937. The van der Waals surface area contributed by atoms with Crippen molar-refractivity contribution in [2.45, 2.75) is 11.9 Å². The molecule has 2 aromatic carbocycles. The van der Waals surface area contributed by atoms with Crippen molar-refractivity contribution in [2.24, 2.45) is 0 Å².